The van der Waals surface area contributed by atoms with E-state index < -0.39 is 0 Å². The van der Waals surface area contributed by atoms with Gasteiger partial charge in [-0.2, -0.15) is 4.98 Å². The SMILES string of the molecule is CCc1cnc(CNc2ccnc(NC)n2)s1. The number of nitrogens with zero attached hydrogens (tertiary/aromatic N) is 3. The molecule has 0 amide bonds. The van der Waals surface area contributed by atoms with Gasteiger partial charge in [-0.05, 0) is 12.5 Å². The number of rotatable bonds is 5. The Morgan fingerprint density at radius 3 is 2.94 bits per heavy atom. The number of aromatic nitrogens is 3. The minimum absolute atomic E-state index is 0.614. The van der Waals surface area contributed by atoms with Gasteiger partial charge in [0.2, 0.25) is 5.95 Å². The van der Waals surface area contributed by atoms with Gasteiger partial charge in [0.05, 0.1) is 6.54 Å². The highest BCUT2D eigenvalue weighted by molar-refractivity contribution is 7.11. The van der Waals surface area contributed by atoms with Crippen LogP contribution in [0.1, 0.15) is 16.8 Å². The first-order valence-electron chi connectivity index (χ1n) is 5.50. The Kier molecular flexibility index (Phi) is 3.87. The molecular formula is C11H15N5S. The van der Waals surface area contributed by atoms with Crippen LogP contribution in [0, 0.1) is 0 Å². The summed E-state index contributed by atoms with van der Waals surface area (Å²) in [6, 6.07) is 1.84. The van der Waals surface area contributed by atoms with Gasteiger partial charge < -0.3 is 10.6 Å². The van der Waals surface area contributed by atoms with E-state index >= 15 is 0 Å². The van der Waals surface area contributed by atoms with Gasteiger partial charge in [-0.1, -0.05) is 6.92 Å². The molecule has 0 aliphatic carbocycles. The highest BCUT2D eigenvalue weighted by atomic mass is 32.1. The molecule has 17 heavy (non-hydrogen) atoms. The molecule has 0 bridgehead atoms. The Balaban J connectivity index is 1.96. The molecule has 0 aromatic carbocycles. The summed E-state index contributed by atoms with van der Waals surface area (Å²) < 4.78 is 0. The van der Waals surface area contributed by atoms with Crippen molar-refractivity contribution in [1.82, 2.24) is 15.0 Å². The van der Waals surface area contributed by atoms with Crippen molar-refractivity contribution in [3.05, 3.63) is 28.3 Å². The van der Waals surface area contributed by atoms with Crippen LogP contribution in [0.2, 0.25) is 0 Å². The van der Waals surface area contributed by atoms with E-state index in [1.54, 1.807) is 24.6 Å². The average Bonchev–Trinajstić information content (AvgIpc) is 2.84. The lowest BCUT2D eigenvalue weighted by Crippen LogP contribution is -2.03. The third-order valence-electron chi connectivity index (χ3n) is 2.25. The lowest BCUT2D eigenvalue weighted by Gasteiger charge is -2.04. The van der Waals surface area contributed by atoms with Crippen molar-refractivity contribution in [2.24, 2.45) is 0 Å². The zero-order chi connectivity index (χ0) is 12.1. The first-order valence-corrected chi connectivity index (χ1v) is 6.31. The van der Waals surface area contributed by atoms with E-state index in [2.05, 4.69) is 32.5 Å². The maximum atomic E-state index is 4.34. The van der Waals surface area contributed by atoms with Gasteiger partial charge in [0.1, 0.15) is 10.8 Å². The predicted molar refractivity (Wildman–Crippen MR) is 70.4 cm³/mol. The summed E-state index contributed by atoms with van der Waals surface area (Å²) in [6.45, 7) is 2.83. The molecule has 6 heteroatoms. The quantitative estimate of drug-likeness (QED) is 0.850. The van der Waals surface area contributed by atoms with Gasteiger partial charge in [-0.15, -0.1) is 11.3 Å². The number of thiazole rings is 1. The fraction of sp³-hybridized carbons (Fsp3) is 0.364. The molecule has 90 valence electrons. The second kappa shape index (κ2) is 5.58. The maximum Gasteiger partial charge on any atom is 0.224 e. The molecule has 0 aliphatic heterocycles. The van der Waals surface area contributed by atoms with Crippen LogP contribution in [0.3, 0.4) is 0 Å². The van der Waals surface area contributed by atoms with Crippen LogP contribution in [0.5, 0.6) is 0 Å². The molecule has 0 unspecified atom stereocenters. The van der Waals surface area contributed by atoms with Crippen molar-refractivity contribution < 1.29 is 0 Å². The van der Waals surface area contributed by atoms with Crippen molar-refractivity contribution in [1.29, 1.82) is 0 Å². The fourth-order valence-electron chi connectivity index (χ4n) is 1.34. The molecule has 0 spiro atoms. The summed E-state index contributed by atoms with van der Waals surface area (Å²) in [5.74, 6) is 1.42. The molecule has 2 rings (SSSR count). The molecule has 0 aliphatic rings. The molecule has 2 heterocycles. The van der Waals surface area contributed by atoms with Crippen molar-refractivity contribution >= 4 is 23.1 Å². The summed E-state index contributed by atoms with van der Waals surface area (Å²) in [5, 5.41) is 7.21. The molecule has 0 radical (unpaired) electrons. The third kappa shape index (κ3) is 3.13. The number of hydrogen-bond donors (Lipinski definition) is 2. The number of anilines is 2. The van der Waals surface area contributed by atoms with Crippen molar-refractivity contribution in [2.45, 2.75) is 19.9 Å². The lowest BCUT2D eigenvalue weighted by atomic mass is 10.4. The monoisotopic (exact) mass is 249 g/mol. The molecule has 0 atom stereocenters. The average molecular weight is 249 g/mol. The molecule has 2 N–H and O–H groups in total. The molecule has 0 fully saturated rings. The second-order valence-corrected chi connectivity index (χ2v) is 4.64. The van der Waals surface area contributed by atoms with Gasteiger partial charge in [0.25, 0.3) is 0 Å². The minimum Gasteiger partial charge on any atom is -0.363 e. The minimum atomic E-state index is 0.614. The number of nitrogens with one attached hydrogen (secondary N) is 2. The Hall–Kier alpha value is -1.69. The van der Waals surface area contributed by atoms with Gasteiger partial charge in [-0.3, -0.25) is 0 Å². The van der Waals surface area contributed by atoms with Crippen LogP contribution in [-0.2, 0) is 13.0 Å². The van der Waals surface area contributed by atoms with E-state index in [0.29, 0.717) is 12.5 Å². The van der Waals surface area contributed by atoms with Crippen molar-refractivity contribution in [3.8, 4) is 0 Å². The third-order valence-corrected chi connectivity index (χ3v) is 3.39. The van der Waals surface area contributed by atoms with Crippen molar-refractivity contribution in [2.75, 3.05) is 17.7 Å². The summed E-state index contributed by atoms with van der Waals surface area (Å²) >= 11 is 1.73. The summed E-state index contributed by atoms with van der Waals surface area (Å²) in [6.07, 6.45) is 4.69. The van der Waals surface area contributed by atoms with Crippen LogP contribution < -0.4 is 10.6 Å². The number of hydrogen-bond acceptors (Lipinski definition) is 6. The van der Waals surface area contributed by atoms with E-state index in [-0.39, 0.29) is 0 Å². The van der Waals surface area contributed by atoms with Crippen LogP contribution >= 0.6 is 11.3 Å². The molecule has 2 aromatic heterocycles. The molecule has 2 aromatic rings. The smallest absolute Gasteiger partial charge is 0.224 e. The Labute approximate surface area is 104 Å². The van der Waals surface area contributed by atoms with Crippen LogP contribution in [0.25, 0.3) is 0 Å². The van der Waals surface area contributed by atoms with Crippen LogP contribution in [0.15, 0.2) is 18.5 Å². The molecular weight excluding hydrogens is 234 g/mol. The Morgan fingerprint density at radius 2 is 2.24 bits per heavy atom. The maximum absolute atomic E-state index is 4.34. The van der Waals surface area contributed by atoms with E-state index in [1.165, 1.54) is 4.88 Å². The molecule has 5 nitrogen and oxygen atoms in total. The highest BCUT2D eigenvalue weighted by Gasteiger charge is 2.01. The van der Waals surface area contributed by atoms with Gasteiger partial charge in [0, 0.05) is 24.3 Å². The standard InChI is InChI=1S/C11H15N5S/c1-3-8-6-15-10(17-8)7-14-9-4-5-13-11(12-2)16-9/h4-6H,3,7H2,1-2H3,(H2,12,13,14,16). The Bertz CT molecular complexity index is 482. The van der Waals surface area contributed by atoms with Gasteiger partial charge >= 0.3 is 0 Å². The van der Waals surface area contributed by atoms with Crippen LogP contribution in [-0.4, -0.2) is 22.0 Å². The second-order valence-electron chi connectivity index (χ2n) is 3.44. The van der Waals surface area contributed by atoms with E-state index in [4.69, 9.17) is 0 Å². The Morgan fingerprint density at radius 1 is 1.35 bits per heavy atom. The van der Waals surface area contributed by atoms with E-state index in [0.717, 1.165) is 17.2 Å². The summed E-state index contributed by atoms with van der Waals surface area (Å²) in [7, 11) is 1.80. The van der Waals surface area contributed by atoms with Crippen molar-refractivity contribution in [3.63, 3.8) is 0 Å². The summed E-state index contributed by atoms with van der Waals surface area (Å²) in [5.41, 5.74) is 0. The van der Waals surface area contributed by atoms with Gasteiger partial charge in [-0.25, -0.2) is 9.97 Å². The summed E-state index contributed by atoms with van der Waals surface area (Å²) in [4.78, 5) is 14.0. The van der Waals surface area contributed by atoms with Crippen LogP contribution in [0.4, 0.5) is 11.8 Å². The molecule has 0 saturated heterocycles. The normalized spacial score (nSPS) is 10.2. The first-order chi connectivity index (χ1) is 8.31. The van der Waals surface area contributed by atoms with Gasteiger partial charge in [0.15, 0.2) is 0 Å². The topological polar surface area (TPSA) is 62.7 Å². The first kappa shape index (κ1) is 11.8. The highest BCUT2D eigenvalue weighted by Crippen LogP contribution is 2.14. The zero-order valence-electron chi connectivity index (χ0n) is 9.90. The fourth-order valence-corrected chi connectivity index (χ4v) is 2.14. The van der Waals surface area contributed by atoms with E-state index in [1.807, 2.05) is 12.3 Å². The lowest BCUT2D eigenvalue weighted by molar-refractivity contribution is 1.06. The molecule has 0 saturated carbocycles. The number of aryl methyl sites for hydroxylation is 1. The zero-order valence-corrected chi connectivity index (χ0v) is 10.7. The predicted octanol–water partition coefficient (Wildman–Crippen LogP) is 2.15. The van der Waals surface area contributed by atoms with E-state index in [9.17, 15) is 0 Å². The largest absolute Gasteiger partial charge is 0.363 e.